The topological polar surface area (TPSA) is 301 Å². The van der Waals surface area contributed by atoms with Crippen molar-refractivity contribution in [2.45, 2.75) is 111 Å². The van der Waals surface area contributed by atoms with Crippen LogP contribution >= 0.6 is 0 Å². The molecule has 1 aliphatic carbocycles. The van der Waals surface area contributed by atoms with Crippen LogP contribution in [0.15, 0.2) is 0 Å². The average molecular weight is 625 g/mol. The van der Waals surface area contributed by atoms with E-state index in [1.807, 2.05) is 0 Å². The van der Waals surface area contributed by atoms with Gasteiger partial charge in [0.2, 0.25) is 5.91 Å². The first kappa shape index (κ1) is 36.3. The van der Waals surface area contributed by atoms with Gasteiger partial charge in [-0.25, -0.2) is 0 Å². The largest absolute Gasteiger partial charge is 0.390 e. The van der Waals surface area contributed by atoms with Gasteiger partial charge in [-0.1, -0.05) is 0 Å². The maximum absolute atomic E-state index is 12.7. The van der Waals surface area contributed by atoms with Crippen LogP contribution in [0.3, 0.4) is 0 Å². The van der Waals surface area contributed by atoms with E-state index in [-0.39, 0.29) is 32.5 Å². The first-order valence-electron chi connectivity index (χ1n) is 14.9. The van der Waals surface area contributed by atoms with Crippen molar-refractivity contribution in [3.63, 3.8) is 0 Å². The Morgan fingerprint density at radius 2 is 1.77 bits per heavy atom. The van der Waals surface area contributed by atoms with Gasteiger partial charge in [0.15, 0.2) is 6.29 Å². The van der Waals surface area contributed by atoms with Crippen LogP contribution in [-0.2, 0) is 19.0 Å². The number of hydrogen-bond donors (Lipinski definition) is 13. The summed E-state index contributed by atoms with van der Waals surface area (Å²) in [6.07, 6.45) is -13.4. The monoisotopic (exact) mass is 624 g/mol. The summed E-state index contributed by atoms with van der Waals surface area (Å²) < 4.78 is 17.7. The third-order valence-electron chi connectivity index (χ3n) is 8.68. The molecule has 43 heavy (non-hydrogen) atoms. The maximum Gasteiger partial charge on any atom is 0.249 e. The smallest absolute Gasteiger partial charge is 0.249 e. The first-order chi connectivity index (χ1) is 20.3. The van der Waals surface area contributed by atoms with Crippen molar-refractivity contribution < 1.29 is 54.8 Å². The molecule has 0 radical (unpaired) electrons. The Morgan fingerprint density at radius 1 is 1.07 bits per heavy atom. The lowest BCUT2D eigenvalue weighted by Crippen LogP contribution is -2.71. The molecule has 15 unspecified atom stereocenters. The molecule has 16 N–H and O–H groups in total. The van der Waals surface area contributed by atoms with Gasteiger partial charge in [-0.15, -0.1) is 0 Å². The Kier molecular flexibility index (Phi) is 13.5. The molecule has 2 saturated heterocycles. The fourth-order valence-electron chi connectivity index (χ4n) is 6.28. The van der Waals surface area contributed by atoms with Crippen molar-refractivity contribution in [1.29, 1.82) is 0 Å². The molecule has 17 nitrogen and oxygen atoms in total. The first-order valence-corrected chi connectivity index (χ1v) is 14.9. The average Bonchev–Trinajstić information content (AvgIpc) is 2.95. The fraction of sp³-hybridized carbons (Fsp3) is 0.962. The van der Waals surface area contributed by atoms with E-state index in [0.29, 0.717) is 19.5 Å². The SMILES string of the molecule is CNC1C(O)C(OC2C(NC(=O)C(O)CCN)CC(N)C(C3OC(CNCCCN)C(O)C(O)C3O)C2O)OCC1(C)O. The van der Waals surface area contributed by atoms with E-state index in [0.717, 1.165) is 0 Å². The van der Waals surface area contributed by atoms with Gasteiger partial charge in [0.1, 0.15) is 42.2 Å². The molecule has 17 heteroatoms. The third-order valence-corrected chi connectivity index (χ3v) is 8.68. The summed E-state index contributed by atoms with van der Waals surface area (Å²) in [5, 5.41) is 84.3. The molecule has 252 valence electrons. The fourth-order valence-corrected chi connectivity index (χ4v) is 6.28. The predicted octanol–water partition coefficient (Wildman–Crippen LogP) is -6.88. The van der Waals surface area contributed by atoms with E-state index in [1.165, 1.54) is 6.92 Å². The van der Waals surface area contributed by atoms with Gasteiger partial charge in [-0.05, 0) is 52.9 Å². The van der Waals surface area contributed by atoms with E-state index < -0.39 is 96.8 Å². The van der Waals surface area contributed by atoms with Gasteiger partial charge in [-0.2, -0.15) is 0 Å². The number of aliphatic hydroxyl groups excluding tert-OH is 6. The molecule has 0 bridgehead atoms. The lowest BCUT2D eigenvalue weighted by molar-refractivity contribution is -0.303. The highest BCUT2D eigenvalue weighted by Gasteiger charge is 2.56. The van der Waals surface area contributed by atoms with Gasteiger partial charge in [-0.3, -0.25) is 4.79 Å². The third kappa shape index (κ3) is 8.37. The summed E-state index contributed by atoms with van der Waals surface area (Å²) in [7, 11) is 1.54. The second-order valence-electron chi connectivity index (χ2n) is 12.0. The van der Waals surface area contributed by atoms with E-state index >= 15 is 0 Å². The quantitative estimate of drug-likeness (QED) is 0.0847. The zero-order valence-electron chi connectivity index (χ0n) is 24.7. The summed E-state index contributed by atoms with van der Waals surface area (Å²) in [4.78, 5) is 12.7. The lowest BCUT2D eigenvalue weighted by Gasteiger charge is -2.52. The summed E-state index contributed by atoms with van der Waals surface area (Å²) in [6.45, 7) is 2.38. The number of carbonyl (C=O) groups is 1. The minimum Gasteiger partial charge on any atom is -0.390 e. The molecule has 0 aromatic rings. The number of aliphatic hydroxyl groups is 7. The molecular weight excluding hydrogens is 572 g/mol. The Hall–Kier alpha value is -1.13. The number of ether oxygens (including phenoxy) is 3. The molecule has 1 amide bonds. The van der Waals surface area contributed by atoms with Gasteiger partial charge >= 0.3 is 0 Å². The van der Waals surface area contributed by atoms with Crippen molar-refractivity contribution in [2.75, 3.05) is 39.8 Å². The maximum atomic E-state index is 12.7. The minimum atomic E-state index is -1.64. The minimum absolute atomic E-state index is 0.0201. The number of amides is 1. The van der Waals surface area contributed by atoms with Crippen LogP contribution in [-0.4, -0.2) is 166 Å². The Labute approximate surface area is 251 Å². The van der Waals surface area contributed by atoms with Gasteiger partial charge in [0.25, 0.3) is 0 Å². The molecule has 15 atom stereocenters. The number of nitrogens with two attached hydrogens (primary N) is 3. The molecule has 1 saturated carbocycles. The van der Waals surface area contributed by atoms with Crippen molar-refractivity contribution in [3.8, 4) is 0 Å². The van der Waals surface area contributed by atoms with Crippen molar-refractivity contribution in [1.82, 2.24) is 16.0 Å². The Morgan fingerprint density at radius 3 is 2.40 bits per heavy atom. The molecule has 3 rings (SSSR count). The molecule has 2 heterocycles. The number of carbonyl (C=O) groups excluding carboxylic acids is 1. The second-order valence-corrected chi connectivity index (χ2v) is 12.0. The second kappa shape index (κ2) is 15.9. The Balaban J connectivity index is 1.88. The van der Waals surface area contributed by atoms with Gasteiger partial charge in [0.05, 0.1) is 37.0 Å². The zero-order chi connectivity index (χ0) is 32.1. The van der Waals surface area contributed by atoms with Crippen molar-refractivity contribution >= 4 is 5.91 Å². The van der Waals surface area contributed by atoms with Crippen LogP contribution in [0.1, 0.15) is 26.2 Å². The van der Waals surface area contributed by atoms with E-state index in [9.17, 15) is 40.5 Å². The molecule has 3 fully saturated rings. The van der Waals surface area contributed by atoms with Crippen LogP contribution in [0, 0.1) is 5.92 Å². The van der Waals surface area contributed by atoms with Crippen LogP contribution in [0.2, 0.25) is 0 Å². The standard InChI is InChI=1S/C26H52N6O11/c1-26(40)10-41-25(20(38)23(26)30-2)43-21-12(32-24(39)13(33)4-6-28)8-11(29)15(17(21)35)22-19(37)18(36)16(34)14(42-22)9-31-7-3-5-27/h11-23,25,30-31,33-38,40H,3-10,27-29H2,1-2H3,(H,32,39). The lowest BCUT2D eigenvalue weighted by atomic mass is 9.72. The highest BCUT2D eigenvalue weighted by molar-refractivity contribution is 5.80. The number of likely N-dealkylation sites (N-methyl/N-ethyl adjacent to an activating group) is 1. The number of nitrogens with one attached hydrogen (secondary N) is 3. The van der Waals surface area contributed by atoms with E-state index in [1.54, 1.807) is 7.05 Å². The van der Waals surface area contributed by atoms with Crippen LogP contribution < -0.4 is 33.2 Å². The van der Waals surface area contributed by atoms with E-state index in [4.69, 9.17) is 31.4 Å². The van der Waals surface area contributed by atoms with Crippen LogP contribution in [0.5, 0.6) is 0 Å². The summed E-state index contributed by atoms with van der Waals surface area (Å²) in [5.74, 6) is -1.86. The molecular formula is C26H52N6O11. The number of hydrogen-bond acceptors (Lipinski definition) is 16. The van der Waals surface area contributed by atoms with E-state index in [2.05, 4.69) is 16.0 Å². The van der Waals surface area contributed by atoms with Crippen LogP contribution in [0.4, 0.5) is 0 Å². The molecule has 0 aromatic carbocycles. The number of rotatable bonds is 13. The van der Waals surface area contributed by atoms with Crippen molar-refractivity contribution in [2.24, 2.45) is 23.1 Å². The van der Waals surface area contributed by atoms with Crippen LogP contribution in [0.25, 0.3) is 0 Å². The molecule has 2 aliphatic heterocycles. The predicted molar refractivity (Wildman–Crippen MR) is 151 cm³/mol. The highest BCUT2D eigenvalue weighted by Crippen LogP contribution is 2.37. The summed E-state index contributed by atoms with van der Waals surface area (Å²) in [6, 6.07) is -2.81. The molecule has 0 aromatic heterocycles. The highest BCUT2D eigenvalue weighted by atomic mass is 16.7. The molecule has 0 spiro atoms. The normalized spacial score (nSPS) is 44.6. The molecule has 3 aliphatic rings. The summed E-state index contributed by atoms with van der Waals surface area (Å²) in [5.41, 5.74) is 16.0. The zero-order valence-corrected chi connectivity index (χ0v) is 24.7. The Bertz CT molecular complexity index is 877. The van der Waals surface area contributed by atoms with Gasteiger partial charge in [0, 0.05) is 18.5 Å². The van der Waals surface area contributed by atoms with Gasteiger partial charge < -0.3 is 83.1 Å². The summed E-state index contributed by atoms with van der Waals surface area (Å²) >= 11 is 0. The van der Waals surface area contributed by atoms with Crippen molar-refractivity contribution in [3.05, 3.63) is 0 Å².